The molecular weight excluding hydrogens is 262 g/mol. The Morgan fingerprint density at radius 1 is 1.40 bits per heavy atom. The van der Waals surface area contributed by atoms with Crippen LogP contribution in [0.15, 0.2) is 21.9 Å². The van der Waals surface area contributed by atoms with Gasteiger partial charge in [0.15, 0.2) is 0 Å². The highest BCUT2D eigenvalue weighted by Gasteiger charge is 2.10. The Morgan fingerprint density at radius 2 is 2.05 bits per heavy atom. The lowest BCUT2D eigenvalue weighted by atomic mass is 10.1. The van der Waals surface area contributed by atoms with Crippen LogP contribution in [0, 0.1) is 5.92 Å². The molecule has 0 aromatic carbocycles. The van der Waals surface area contributed by atoms with E-state index < -0.39 is 17.4 Å². The lowest BCUT2D eigenvalue weighted by Gasteiger charge is -2.14. The Balaban J connectivity index is 2.58. The van der Waals surface area contributed by atoms with Gasteiger partial charge in [-0.15, -0.1) is 0 Å². The first-order valence-corrected chi connectivity index (χ1v) is 6.52. The van der Waals surface area contributed by atoms with Gasteiger partial charge in [-0.25, -0.2) is 4.79 Å². The molecule has 0 saturated heterocycles. The zero-order chi connectivity index (χ0) is 15.3. The van der Waals surface area contributed by atoms with Gasteiger partial charge in [-0.3, -0.25) is 18.7 Å². The highest BCUT2D eigenvalue weighted by molar-refractivity contribution is 5.75. The summed E-state index contributed by atoms with van der Waals surface area (Å²) < 4.78 is 2.08. The average Bonchev–Trinajstić information content (AvgIpc) is 2.36. The molecule has 7 nitrogen and oxygen atoms in total. The summed E-state index contributed by atoms with van der Waals surface area (Å²) in [6, 6.07) is 1.22. The van der Waals surface area contributed by atoms with Gasteiger partial charge in [0, 0.05) is 25.9 Å². The largest absolute Gasteiger partial charge is 0.391 e. The number of aliphatic hydroxyl groups is 1. The smallest absolute Gasteiger partial charge is 0.331 e. The van der Waals surface area contributed by atoms with Gasteiger partial charge in [0.1, 0.15) is 6.54 Å². The van der Waals surface area contributed by atoms with Crippen LogP contribution in [-0.4, -0.2) is 32.8 Å². The molecule has 0 aliphatic rings. The monoisotopic (exact) mass is 283 g/mol. The number of hydrogen-bond donors (Lipinski definition) is 2. The van der Waals surface area contributed by atoms with Crippen LogP contribution in [-0.2, 0) is 18.4 Å². The van der Waals surface area contributed by atoms with Crippen molar-refractivity contribution < 1.29 is 9.90 Å². The third-order valence-electron chi connectivity index (χ3n) is 2.85. The third-order valence-corrected chi connectivity index (χ3v) is 2.85. The second-order valence-corrected chi connectivity index (χ2v) is 5.21. The van der Waals surface area contributed by atoms with E-state index in [1.807, 2.05) is 13.8 Å². The summed E-state index contributed by atoms with van der Waals surface area (Å²) in [5, 5.41) is 12.2. The van der Waals surface area contributed by atoms with Crippen LogP contribution >= 0.6 is 0 Å². The van der Waals surface area contributed by atoms with Gasteiger partial charge >= 0.3 is 5.69 Å². The summed E-state index contributed by atoms with van der Waals surface area (Å²) in [6.45, 7) is 3.93. The first kappa shape index (κ1) is 16.2. The molecule has 1 amide bonds. The molecule has 0 fully saturated rings. The SMILES string of the molecule is CC(C)CC(O)CNC(=O)Cn1ccc(=O)n(C)c1=O. The van der Waals surface area contributed by atoms with E-state index in [1.54, 1.807) is 0 Å². The molecule has 0 aliphatic heterocycles. The topological polar surface area (TPSA) is 93.3 Å². The van der Waals surface area contributed by atoms with Crippen molar-refractivity contribution in [3.05, 3.63) is 33.1 Å². The van der Waals surface area contributed by atoms with Crippen molar-refractivity contribution in [1.82, 2.24) is 14.5 Å². The molecule has 7 heteroatoms. The Kier molecular flexibility index (Phi) is 5.69. The number of carbonyl (C=O) groups is 1. The van der Waals surface area contributed by atoms with Gasteiger partial charge in [-0.1, -0.05) is 13.8 Å². The number of aromatic nitrogens is 2. The first-order chi connectivity index (χ1) is 9.31. The van der Waals surface area contributed by atoms with Gasteiger partial charge in [-0.05, 0) is 12.3 Å². The number of rotatable bonds is 6. The number of aliphatic hydroxyl groups excluding tert-OH is 1. The first-order valence-electron chi connectivity index (χ1n) is 6.52. The van der Waals surface area contributed by atoms with E-state index in [1.165, 1.54) is 19.3 Å². The predicted octanol–water partition coefficient (Wildman–Crippen LogP) is -0.930. The highest BCUT2D eigenvalue weighted by atomic mass is 16.3. The van der Waals surface area contributed by atoms with Crippen LogP contribution in [0.1, 0.15) is 20.3 Å². The molecule has 2 N–H and O–H groups in total. The molecular formula is C13H21N3O4. The van der Waals surface area contributed by atoms with E-state index in [4.69, 9.17) is 0 Å². The minimum atomic E-state index is -0.601. The molecule has 20 heavy (non-hydrogen) atoms. The van der Waals surface area contributed by atoms with Crippen molar-refractivity contribution >= 4 is 5.91 Å². The fourth-order valence-electron chi connectivity index (χ4n) is 1.81. The fraction of sp³-hybridized carbons (Fsp3) is 0.615. The van der Waals surface area contributed by atoms with Crippen LogP contribution in [0.4, 0.5) is 0 Å². The van der Waals surface area contributed by atoms with Gasteiger partial charge in [0.25, 0.3) is 5.56 Å². The molecule has 1 unspecified atom stereocenters. The van der Waals surface area contributed by atoms with Crippen molar-refractivity contribution in [2.24, 2.45) is 13.0 Å². The average molecular weight is 283 g/mol. The van der Waals surface area contributed by atoms with Crippen LogP contribution in [0.3, 0.4) is 0 Å². The van der Waals surface area contributed by atoms with Crippen molar-refractivity contribution in [1.29, 1.82) is 0 Å². The van der Waals surface area contributed by atoms with Crippen LogP contribution < -0.4 is 16.6 Å². The van der Waals surface area contributed by atoms with Gasteiger partial charge in [-0.2, -0.15) is 0 Å². The molecule has 1 aromatic rings. The number of nitrogens with zero attached hydrogens (tertiary/aromatic N) is 2. The Hall–Kier alpha value is -1.89. The molecule has 0 aliphatic carbocycles. The molecule has 112 valence electrons. The van der Waals surface area contributed by atoms with Gasteiger partial charge in [0.05, 0.1) is 6.10 Å². The van der Waals surface area contributed by atoms with E-state index in [-0.39, 0.29) is 19.0 Å². The summed E-state index contributed by atoms with van der Waals surface area (Å²) in [5.41, 5.74) is -0.964. The summed E-state index contributed by atoms with van der Waals surface area (Å²) in [6.07, 6.45) is 1.28. The minimum Gasteiger partial charge on any atom is -0.391 e. The van der Waals surface area contributed by atoms with Crippen LogP contribution in [0.25, 0.3) is 0 Å². The minimum absolute atomic E-state index is 0.150. The second kappa shape index (κ2) is 7.04. The van der Waals surface area contributed by atoms with Crippen molar-refractivity contribution in [2.75, 3.05) is 6.54 Å². The van der Waals surface area contributed by atoms with Gasteiger partial charge in [0.2, 0.25) is 5.91 Å². The Bertz CT molecular complexity index is 574. The second-order valence-electron chi connectivity index (χ2n) is 5.21. The highest BCUT2D eigenvalue weighted by Crippen LogP contribution is 2.03. The summed E-state index contributed by atoms with van der Waals surface area (Å²) in [4.78, 5) is 34.6. The zero-order valence-electron chi connectivity index (χ0n) is 12.0. The Labute approximate surface area is 116 Å². The lowest BCUT2D eigenvalue weighted by Crippen LogP contribution is -2.41. The number of amides is 1. The maximum Gasteiger partial charge on any atom is 0.331 e. The maximum absolute atomic E-state index is 11.7. The van der Waals surface area contributed by atoms with Crippen molar-refractivity contribution in [3.8, 4) is 0 Å². The molecule has 1 rings (SSSR count). The van der Waals surface area contributed by atoms with E-state index >= 15 is 0 Å². The standard InChI is InChI=1S/C13H21N3O4/c1-9(2)6-10(17)7-14-11(18)8-16-5-4-12(19)15(3)13(16)20/h4-5,9-10,17H,6-8H2,1-3H3,(H,14,18). The molecule has 0 spiro atoms. The maximum atomic E-state index is 11.7. The number of hydrogen-bond acceptors (Lipinski definition) is 4. The fourth-order valence-corrected chi connectivity index (χ4v) is 1.81. The predicted molar refractivity (Wildman–Crippen MR) is 74.4 cm³/mol. The molecule has 1 aromatic heterocycles. The molecule has 0 bridgehead atoms. The van der Waals surface area contributed by atoms with Crippen molar-refractivity contribution in [2.45, 2.75) is 32.9 Å². The molecule has 1 heterocycles. The quantitative estimate of drug-likeness (QED) is 0.705. The van der Waals surface area contributed by atoms with E-state index in [0.29, 0.717) is 12.3 Å². The van der Waals surface area contributed by atoms with E-state index in [2.05, 4.69) is 5.32 Å². The van der Waals surface area contributed by atoms with Crippen LogP contribution in [0.5, 0.6) is 0 Å². The summed E-state index contributed by atoms with van der Waals surface area (Å²) in [7, 11) is 1.35. The third kappa shape index (κ3) is 4.65. The lowest BCUT2D eigenvalue weighted by molar-refractivity contribution is -0.122. The van der Waals surface area contributed by atoms with E-state index in [9.17, 15) is 19.5 Å². The number of nitrogens with one attached hydrogen (secondary N) is 1. The molecule has 0 radical (unpaired) electrons. The normalized spacial score (nSPS) is 12.4. The van der Waals surface area contributed by atoms with Crippen molar-refractivity contribution in [3.63, 3.8) is 0 Å². The molecule has 0 saturated carbocycles. The van der Waals surface area contributed by atoms with Crippen LogP contribution in [0.2, 0.25) is 0 Å². The Morgan fingerprint density at radius 3 is 2.65 bits per heavy atom. The summed E-state index contributed by atoms with van der Waals surface area (Å²) >= 11 is 0. The van der Waals surface area contributed by atoms with E-state index in [0.717, 1.165) is 9.13 Å². The summed E-state index contributed by atoms with van der Waals surface area (Å²) in [5.74, 6) is -0.0401. The molecule has 1 atom stereocenters. The zero-order valence-corrected chi connectivity index (χ0v) is 12.0. The number of carbonyl (C=O) groups excluding carboxylic acids is 1. The van der Waals surface area contributed by atoms with Gasteiger partial charge < -0.3 is 10.4 Å².